The molecule has 1 fully saturated rings. The molecule has 1 saturated heterocycles. The van der Waals surface area contributed by atoms with Crippen molar-refractivity contribution in [3.8, 4) is 0 Å². The summed E-state index contributed by atoms with van der Waals surface area (Å²) >= 11 is 0. The zero-order valence-electron chi connectivity index (χ0n) is 7.33. The Hall–Kier alpha value is 1.37. The molecule has 72 valence electrons. The molecule has 1 heterocycles. The Kier molecular flexibility index (Phi) is 6.03. The van der Waals surface area contributed by atoms with Crippen LogP contribution in [0.1, 0.15) is 0 Å². The number of halogens is 3. The van der Waals surface area contributed by atoms with E-state index in [1.807, 2.05) is 0 Å². The first kappa shape index (κ1) is 14.4. The number of likely N-dealkylation sites (tertiary alicyclic amines) is 1. The van der Waals surface area contributed by atoms with Crippen LogP contribution in [0, 0.1) is 0 Å². The van der Waals surface area contributed by atoms with Crippen molar-refractivity contribution in [1.29, 1.82) is 0 Å². The van der Waals surface area contributed by atoms with Gasteiger partial charge in [-0.05, 0) is 6.44 Å². The number of hydrogen-bond donors (Lipinski definition) is 2. The van der Waals surface area contributed by atoms with Crippen molar-refractivity contribution in [2.45, 2.75) is 12.2 Å². The molecular formula is C5H10BF3KNO2. The average molecular weight is 223 g/mol. The van der Waals surface area contributed by atoms with E-state index >= 15 is 0 Å². The van der Waals surface area contributed by atoms with Gasteiger partial charge < -0.3 is 28.1 Å². The van der Waals surface area contributed by atoms with E-state index in [2.05, 4.69) is 0 Å². The Bertz CT molecular complexity index is 160. The molecule has 0 aromatic rings. The van der Waals surface area contributed by atoms with E-state index in [0.29, 0.717) is 0 Å². The smallest absolute Gasteiger partial charge is 0.448 e. The van der Waals surface area contributed by atoms with Gasteiger partial charge in [0.05, 0.1) is 12.2 Å². The van der Waals surface area contributed by atoms with E-state index in [-0.39, 0.29) is 64.5 Å². The van der Waals surface area contributed by atoms with E-state index < -0.39 is 25.6 Å². The van der Waals surface area contributed by atoms with Gasteiger partial charge in [0.1, 0.15) is 0 Å². The number of hydrogen-bond acceptors (Lipinski definition) is 3. The summed E-state index contributed by atoms with van der Waals surface area (Å²) in [5, 5.41) is 17.8. The van der Waals surface area contributed by atoms with E-state index in [9.17, 15) is 12.9 Å². The average Bonchev–Trinajstić information content (AvgIpc) is 2.07. The fourth-order valence-corrected chi connectivity index (χ4v) is 1.29. The predicted octanol–water partition coefficient (Wildman–Crippen LogP) is -3.59. The zero-order valence-corrected chi connectivity index (χ0v) is 10.5. The summed E-state index contributed by atoms with van der Waals surface area (Å²) in [5.41, 5.74) is 0. The molecule has 2 N–H and O–H groups in total. The van der Waals surface area contributed by atoms with Crippen LogP contribution in [0.5, 0.6) is 0 Å². The molecule has 1 aliphatic rings. The standard InChI is InChI=1S/C5H10BF3NO2.K/c7-6(8,9)3-10-1-4(11)5(12)2-10;/h4-5,11-12H,1-3H2;/q-1;+1. The van der Waals surface area contributed by atoms with Crippen LogP contribution in [0.4, 0.5) is 12.9 Å². The van der Waals surface area contributed by atoms with Crippen molar-refractivity contribution in [3.63, 3.8) is 0 Å². The normalized spacial score (nSPS) is 30.2. The summed E-state index contributed by atoms with van der Waals surface area (Å²) in [4.78, 5) is 1.01. The SMILES string of the molecule is OC1CN(C[B-](F)(F)F)CC1O.[K+]. The van der Waals surface area contributed by atoms with Gasteiger partial charge in [0.25, 0.3) is 0 Å². The number of nitrogens with zero attached hydrogens (tertiary/aromatic N) is 1. The third-order valence-corrected chi connectivity index (χ3v) is 1.80. The molecule has 8 heteroatoms. The van der Waals surface area contributed by atoms with Crippen molar-refractivity contribution in [3.05, 3.63) is 0 Å². The van der Waals surface area contributed by atoms with Crippen molar-refractivity contribution in [1.82, 2.24) is 4.90 Å². The molecule has 1 rings (SSSR count). The van der Waals surface area contributed by atoms with Crippen LogP contribution < -0.4 is 51.4 Å². The maximum Gasteiger partial charge on any atom is 1.00 e. The largest absolute Gasteiger partial charge is 1.00 e. The molecule has 2 unspecified atom stereocenters. The van der Waals surface area contributed by atoms with Crippen LogP contribution in [0.3, 0.4) is 0 Å². The molecular weight excluding hydrogens is 213 g/mol. The van der Waals surface area contributed by atoms with Gasteiger partial charge in [0.15, 0.2) is 0 Å². The Labute approximate surface area is 117 Å². The first-order valence-electron chi connectivity index (χ1n) is 3.68. The summed E-state index contributed by atoms with van der Waals surface area (Å²) < 4.78 is 35.5. The summed E-state index contributed by atoms with van der Waals surface area (Å²) in [7, 11) is 0. The molecule has 0 spiro atoms. The van der Waals surface area contributed by atoms with E-state index in [0.717, 1.165) is 4.90 Å². The van der Waals surface area contributed by atoms with Crippen LogP contribution >= 0.6 is 0 Å². The van der Waals surface area contributed by atoms with Gasteiger partial charge in [-0.25, -0.2) is 0 Å². The van der Waals surface area contributed by atoms with Gasteiger partial charge in [0, 0.05) is 13.1 Å². The minimum atomic E-state index is -4.85. The molecule has 0 aliphatic carbocycles. The molecule has 1 aliphatic heterocycles. The van der Waals surface area contributed by atoms with Crippen LogP contribution in [-0.2, 0) is 0 Å². The minimum Gasteiger partial charge on any atom is -0.448 e. The second-order valence-electron chi connectivity index (χ2n) is 3.06. The van der Waals surface area contributed by atoms with Crippen molar-refractivity contribution in [2.75, 3.05) is 19.5 Å². The quantitative estimate of drug-likeness (QED) is 0.476. The Morgan fingerprint density at radius 1 is 1.15 bits per heavy atom. The number of rotatable bonds is 2. The molecule has 0 bridgehead atoms. The summed E-state index contributed by atoms with van der Waals surface area (Å²) in [6.45, 7) is -5.04. The van der Waals surface area contributed by atoms with Gasteiger partial charge in [0.2, 0.25) is 0 Å². The Balaban J connectivity index is 0.00000144. The number of aliphatic hydroxyl groups is 2. The van der Waals surface area contributed by atoms with Gasteiger partial charge in [-0.15, -0.1) is 0 Å². The monoisotopic (exact) mass is 223 g/mol. The second-order valence-corrected chi connectivity index (χ2v) is 3.06. The minimum absolute atomic E-state index is 0. The Morgan fingerprint density at radius 3 is 1.85 bits per heavy atom. The molecule has 0 aromatic heterocycles. The summed E-state index contributed by atoms with van der Waals surface area (Å²) in [6.07, 6.45) is -3.08. The van der Waals surface area contributed by atoms with Gasteiger partial charge >= 0.3 is 58.4 Å². The van der Waals surface area contributed by atoms with E-state index in [4.69, 9.17) is 10.2 Å². The van der Waals surface area contributed by atoms with Crippen molar-refractivity contribution >= 4 is 6.98 Å². The fourth-order valence-electron chi connectivity index (χ4n) is 1.29. The number of aliphatic hydroxyl groups excluding tert-OH is 2. The zero-order chi connectivity index (χ0) is 9.35. The van der Waals surface area contributed by atoms with Crippen molar-refractivity contribution in [2.24, 2.45) is 0 Å². The molecule has 13 heavy (non-hydrogen) atoms. The topological polar surface area (TPSA) is 43.7 Å². The molecule has 0 radical (unpaired) electrons. The molecule has 3 nitrogen and oxygen atoms in total. The maximum atomic E-state index is 11.8. The molecule has 0 amide bonds. The second kappa shape index (κ2) is 5.45. The van der Waals surface area contributed by atoms with Crippen LogP contribution in [-0.4, -0.2) is 53.8 Å². The molecule has 0 saturated carbocycles. The van der Waals surface area contributed by atoms with Crippen molar-refractivity contribution < 1.29 is 74.5 Å². The first-order valence-corrected chi connectivity index (χ1v) is 3.68. The van der Waals surface area contributed by atoms with Gasteiger partial charge in [-0.3, -0.25) is 0 Å². The first-order chi connectivity index (χ1) is 5.38. The fraction of sp³-hybridized carbons (Fsp3) is 1.00. The third-order valence-electron chi connectivity index (χ3n) is 1.80. The van der Waals surface area contributed by atoms with Crippen LogP contribution in [0.15, 0.2) is 0 Å². The van der Waals surface area contributed by atoms with Crippen LogP contribution in [0.2, 0.25) is 0 Å². The van der Waals surface area contributed by atoms with Gasteiger partial charge in [-0.2, -0.15) is 0 Å². The third kappa shape index (κ3) is 5.12. The molecule has 2 atom stereocenters. The predicted molar refractivity (Wildman–Crippen MR) is 37.5 cm³/mol. The van der Waals surface area contributed by atoms with E-state index in [1.54, 1.807) is 0 Å². The summed E-state index contributed by atoms with van der Waals surface area (Å²) in [5.74, 6) is 0. The van der Waals surface area contributed by atoms with Crippen LogP contribution in [0.25, 0.3) is 0 Å². The Morgan fingerprint density at radius 2 is 1.54 bits per heavy atom. The number of β-amino-alcohol motifs (C(OH)–C–C–N with tert-alkyl or cyclic N) is 2. The molecule has 0 aromatic carbocycles. The summed E-state index contributed by atoms with van der Waals surface area (Å²) in [6, 6.07) is 0. The van der Waals surface area contributed by atoms with E-state index in [1.165, 1.54) is 0 Å². The maximum absolute atomic E-state index is 11.8. The van der Waals surface area contributed by atoms with Gasteiger partial charge in [-0.1, -0.05) is 0 Å².